The van der Waals surface area contributed by atoms with Crippen molar-refractivity contribution in [3.63, 3.8) is 0 Å². The zero-order valence-electron chi connectivity index (χ0n) is 19.5. The highest BCUT2D eigenvalue weighted by Gasteiger charge is 2.25. The number of benzene rings is 1. The molecule has 0 amide bonds. The highest BCUT2D eigenvalue weighted by Crippen LogP contribution is 2.33. The quantitative estimate of drug-likeness (QED) is 0.686. The van der Waals surface area contributed by atoms with Crippen LogP contribution in [0, 0.1) is 0 Å². The van der Waals surface area contributed by atoms with Crippen molar-refractivity contribution in [1.29, 1.82) is 0 Å². The van der Waals surface area contributed by atoms with Crippen molar-refractivity contribution in [2.45, 2.75) is 65.1 Å². The van der Waals surface area contributed by atoms with Crippen LogP contribution in [0.3, 0.4) is 0 Å². The fourth-order valence-electron chi connectivity index (χ4n) is 3.22. The van der Waals surface area contributed by atoms with Crippen molar-refractivity contribution in [2.75, 3.05) is 27.2 Å². The van der Waals surface area contributed by atoms with Gasteiger partial charge in [-0.25, -0.2) is 0 Å². The number of rotatable bonds is 7. The van der Waals surface area contributed by atoms with Crippen LogP contribution in [-0.2, 0) is 17.4 Å². The Labute approximate surface area is 177 Å². The predicted octanol–water partition coefficient (Wildman–Crippen LogP) is 4.73. The second-order valence-corrected chi connectivity index (χ2v) is 10.4. The Kier molecular flexibility index (Phi) is 7.61. The molecular formula is C25H39N3O. The van der Waals surface area contributed by atoms with E-state index in [1.807, 2.05) is 12.3 Å². The molecule has 1 atom stereocenters. The van der Waals surface area contributed by atoms with Gasteiger partial charge < -0.3 is 10.0 Å². The number of likely N-dealkylation sites (N-methyl/N-ethyl adjacent to an activating group) is 1. The van der Waals surface area contributed by atoms with Crippen LogP contribution >= 0.6 is 0 Å². The van der Waals surface area contributed by atoms with Crippen LogP contribution in [0.15, 0.2) is 42.7 Å². The maximum atomic E-state index is 11.4. The van der Waals surface area contributed by atoms with Gasteiger partial charge in [-0.3, -0.25) is 9.88 Å². The lowest BCUT2D eigenvalue weighted by atomic mass is 9.79. The summed E-state index contributed by atoms with van der Waals surface area (Å²) in [7, 11) is 4.12. The van der Waals surface area contributed by atoms with Crippen molar-refractivity contribution in [1.82, 2.24) is 14.8 Å². The summed E-state index contributed by atoms with van der Waals surface area (Å²) in [6.45, 7) is 15.7. The van der Waals surface area contributed by atoms with Gasteiger partial charge in [0.05, 0.1) is 0 Å². The molecule has 2 rings (SSSR count). The Bertz CT molecular complexity index is 741. The molecule has 1 aromatic carbocycles. The molecule has 0 aliphatic heterocycles. The van der Waals surface area contributed by atoms with Crippen molar-refractivity contribution < 1.29 is 5.11 Å². The van der Waals surface area contributed by atoms with Crippen LogP contribution in [-0.4, -0.2) is 47.1 Å². The highest BCUT2D eigenvalue weighted by atomic mass is 16.3. The van der Waals surface area contributed by atoms with Gasteiger partial charge in [-0.1, -0.05) is 65.8 Å². The van der Waals surface area contributed by atoms with Crippen molar-refractivity contribution in [3.05, 3.63) is 65.0 Å². The van der Waals surface area contributed by atoms with E-state index in [2.05, 4.69) is 94.7 Å². The minimum atomic E-state index is -0.668. The Morgan fingerprint density at radius 3 is 1.97 bits per heavy atom. The molecule has 0 aliphatic rings. The summed E-state index contributed by atoms with van der Waals surface area (Å²) in [5.74, 6) is 0. The molecule has 4 nitrogen and oxygen atoms in total. The lowest BCUT2D eigenvalue weighted by Crippen LogP contribution is -2.35. The summed E-state index contributed by atoms with van der Waals surface area (Å²) in [5, 5.41) is 11.4. The third-order valence-electron chi connectivity index (χ3n) is 5.27. The third kappa shape index (κ3) is 6.91. The number of nitrogens with zero attached hydrogens (tertiary/aromatic N) is 3. The maximum absolute atomic E-state index is 11.4. The molecule has 4 heteroatoms. The van der Waals surface area contributed by atoms with E-state index in [4.69, 9.17) is 0 Å². The zero-order valence-corrected chi connectivity index (χ0v) is 19.5. The monoisotopic (exact) mass is 397 g/mol. The molecule has 0 radical (unpaired) electrons. The maximum Gasteiger partial charge on any atom is 0.133 e. The van der Waals surface area contributed by atoms with Crippen LogP contribution in [0.4, 0.5) is 0 Å². The predicted molar refractivity (Wildman–Crippen MR) is 122 cm³/mol. The Hall–Kier alpha value is -1.75. The standard InChI is InChI=1S/C25H39N3O/c1-24(2,3)21-14-20(15-22(16-21)25(4,5)6)23(29)28(13-12-27(7)8)18-19-10-9-11-26-17-19/h9-11,14-17,23,29H,12-13,18H2,1-8H3. The summed E-state index contributed by atoms with van der Waals surface area (Å²) in [6, 6.07) is 10.7. The first-order valence-corrected chi connectivity index (χ1v) is 10.5. The highest BCUT2D eigenvalue weighted by molar-refractivity contribution is 5.38. The van der Waals surface area contributed by atoms with Gasteiger partial charge in [-0.2, -0.15) is 0 Å². The van der Waals surface area contributed by atoms with Gasteiger partial charge in [-0.15, -0.1) is 0 Å². The van der Waals surface area contributed by atoms with Gasteiger partial charge in [0.2, 0.25) is 0 Å². The smallest absolute Gasteiger partial charge is 0.133 e. The fraction of sp³-hybridized carbons (Fsp3) is 0.560. The molecule has 160 valence electrons. The lowest BCUT2D eigenvalue weighted by molar-refractivity contribution is -0.00778. The van der Waals surface area contributed by atoms with E-state index in [1.54, 1.807) is 6.20 Å². The number of aliphatic hydroxyl groups is 1. The minimum absolute atomic E-state index is 0.0214. The summed E-state index contributed by atoms with van der Waals surface area (Å²) in [5.41, 5.74) is 4.63. The van der Waals surface area contributed by atoms with Gasteiger partial charge in [0.15, 0.2) is 0 Å². The second-order valence-electron chi connectivity index (χ2n) is 10.4. The molecular weight excluding hydrogens is 358 g/mol. The van der Waals surface area contributed by atoms with Crippen LogP contribution in [0.1, 0.15) is 70.0 Å². The van der Waals surface area contributed by atoms with E-state index < -0.39 is 6.23 Å². The van der Waals surface area contributed by atoms with Gasteiger partial charge in [0, 0.05) is 32.0 Å². The van der Waals surface area contributed by atoms with Crippen LogP contribution < -0.4 is 0 Å². The minimum Gasteiger partial charge on any atom is -0.374 e. The molecule has 0 fully saturated rings. The van der Waals surface area contributed by atoms with Crippen LogP contribution in [0.2, 0.25) is 0 Å². The molecule has 0 saturated heterocycles. The number of aromatic nitrogens is 1. The van der Waals surface area contributed by atoms with E-state index in [-0.39, 0.29) is 10.8 Å². The van der Waals surface area contributed by atoms with E-state index in [1.165, 1.54) is 11.1 Å². The molecule has 1 heterocycles. The average Bonchev–Trinajstić information content (AvgIpc) is 2.63. The van der Waals surface area contributed by atoms with Gasteiger partial charge in [0.1, 0.15) is 6.23 Å². The molecule has 0 saturated carbocycles. The van der Waals surface area contributed by atoms with E-state index in [0.29, 0.717) is 6.54 Å². The van der Waals surface area contributed by atoms with Gasteiger partial charge in [-0.05, 0) is 53.2 Å². The molecule has 1 N–H and O–H groups in total. The molecule has 0 aliphatic carbocycles. The molecule has 1 aromatic heterocycles. The third-order valence-corrected chi connectivity index (χ3v) is 5.27. The summed E-state index contributed by atoms with van der Waals surface area (Å²) in [4.78, 5) is 8.52. The zero-order chi connectivity index (χ0) is 21.8. The Balaban J connectivity index is 2.43. The molecule has 0 bridgehead atoms. The molecule has 2 aromatic rings. The number of pyridine rings is 1. The van der Waals surface area contributed by atoms with Crippen molar-refractivity contribution >= 4 is 0 Å². The van der Waals surface area contributed by atoms with E-state index >= 15 is 0 Å². The van der Waals surface area contributed by atoms with E-state index in [0.717, 1.165) is 24.2 Å². The van der Waals surface area contributed by atoms with Crippen molar-refractivity contribution in [3.8, 4) is 0 Å². The average molecular weight is 398 g/mol. The first kappa shape index (κ1) is 23.5. The lowest BCUT2D eigenvalue weighted by Gasteiger charge is -2.32. The topological polar surface area (TPSA) is 39.6 Å². The number of aliphatic hydroxyl groups excluding tert-OH is 1. The first-order chi connectivity index (χ1) is 13.4. The SMILES string of the molecule is CN(C)CCN(Cc1cccnc1)C(O)c1cc(C(C)(C)C)cc(C(C)(C)C)c1. The van der Waals surface area contributed by atoms with Crippen molar-refractivity contribution in [2.24, 2.45) is 0 Å². The summed E-state index contributed by atoms with van der Waals surface area (Å²) >= 11 is 0. The Morgan fingerprint density at radius 1 is 0.931 bits per heavy atom. The van der Waals surface area contributed by atoms with Crippen LogP contribution in [0.5, 0.6) is 0 Å². The Morgan fingerprint density at radius 2 is 1.52 bits per heavy atom. The fourth-order valence-corrected chi connectivity index (χ4v) is 3.22. The summed E-state index contributed by atoms with van der Waals surface area (Å²) in [6.07, 6.45) is 2.99. The van der Waals surface area contributed by atoms with E-state index in [9.17, 15) is 5.11 Å². The normalized spacial score (nSPS) is 13.9. The number of hydrogen-bond acceptors (Lipinski definition) is 4. The second kappa shape index (κ2) is 9.38. The largest absolute Gasteiger partial charge is 0.374 e. The molecule has 1 unspecified atom stereocenters. The molecule has 0 spiro atoms. The first-order valence-electron chi connectivity index (χ1n) is 10.5. The molecule has 29 heavy (non-hydrogen) atoms. The van der Waals surface area contributed by atoms with Crippen LogP contribution in [0.25, 0.3) is 0 Å². The van der Waals surface area contributed by atoms with Gasteiger partial charge >= 0.3 is 0 Å². The number of hydrogen-bond donors (Lipinski definition) is 1. The van der Waals surface area contributed by atoms with Gasteiger partial charge in [0.25, 0.3) is 0 Å². The summed E-state index contributed by atoms with van der Waals surface area (Å²) < 4.78 is 0.